The zero-order valence-corrected chi connectivity index (χ0v) is 17.6. The van der Waals surface area contributed by atoms with Crippen molar-refractivity contribution in [3.63, 3.8) is 0 Å². The van der Waals surface area contributed by atoms with Crippen LogP contribution in [0.4, 0.5) is 13.2 Å². The maximum Gasteiger partial charge on any atom is 0.417 e. The van der Waals surface area contributed by atoms with E-state index in [1.165, 1.54) is 38.3 Å². The number of amides is 1. The molecule has 0 atom stereocenters. The van der Waals surface area contributed by atoms with Gasteiger partial charge in [-0.2, -0.15) is 28.1 Å². The largest absolute Gasteiger partial charge is 0.493 e. The van der Waals surface area contributed by atoms with Crippen molar-refractivity contribution >= 4 is 17.6 Å². The molecule has 2 N–H and O–H groups in total. The smallest absolute Gasteiger partial charge is 0.417 e. The van der Waals surface area contributed by atoms with Crippen molar-refractivity contribution < 1.29 is 32.6 Å². The molecule has 0 fully saturated rings. The molecule has 12 heteroatoms. The average Bonchev–Trinajstić information content (AvgIpc) is 3.10. The molecule has 33 heavy (non-hydrogen) atoms. The number of aryl methyl sites for hydroxylation is 1. The fourth-order valence-electron chi connectivity index (χ4n) is 2.91. The minimum atomic E-state index is -4.54. The first-order valence-corrected chi connectivity index (χ1v) is 9.38. The minimum absolute atomic E-state index is 0.0302. The second kappa shape index (κ2) is 9.10. The summed E-state index contributed by atoms with van der Waals surface area (Å²) in [4.78, 5) is 27.5. The highest BCUT2D eigenvalue weighted by molar-refractivity contribution is 6.03. The van der Waals surface area contributed by atoms with Crippen LogP contribution in [0.25, 0.3) is 5.82 Å². The summed E-state index contributed by atoms with van der Waals surface area (Å²) in [5.74, 6) is -1.55. The first-order chi connectivity index (χ1) is 15.5. The number of ether oxygens (including phenoxy) is 1. The number of aromatic nitrogens is 3. The standard InChI is InChI=1S/C21H18F3N5O4/c1-11(26-27-18(30)13-4-6-14(7-5-13)20(32)33-3)17-12(2)28-29(19(17)31)16-9-8-15(10-25-16)21(22,23)24/h4-10,31H,1-3H3,(H,27,30)/b26-11-. The van der Waals surface area contributed by atoms with Crippen molar-refractivity contribution in [3.8, 4) is 11.7 Å². The Bertz CT molecular complexity index is 1220. The average molecular weight is 461 g/mol. The molecule has 3 rings (SSSR count). The molecule has 0 bridgehead atoms. The lowest BCUT2D eigenvalue weighted by Crippen LogP contribution is -2.19. The second-order valence-corrected chi connectivity index (χ2v) is 6.81. The van der Waals surface area contributed by atoms with Gasteiger partial charge in [-0.25, -0.2) is 15.2 Å². The number of hydrogen-bond acceptors (Lipinski definition) is 7. The van der Waals surface area contributed by atoms with Crippen LogP contribution in [0, 0.1) is 6.92 Å². The number of nitrogens with zero attached hydrogens (tertiary/aromatic N) is 4. The molecule has 0 unspecified atom stereocenters. The SMILES string of the molecule is COC(=O)c1ccc(C(=O)N/N=C(/C)c2c(C)nn(-c3ccc(C(F)(F)F)cn3)c2O)cc1. The number of hydrazone groups is 1. The van der Waals surface area contributed by atoms with E-state index in [9.17, 15) is 27.9 Å². The van der Waals surface area contributed by atoms with Gasteiger partial charge in [-0.15, -0.1) is 0 Å². The van der Waals surface area contributed by atoms with E-state index in [4.69, 9.17) is 0 Å². The molecule has 0 aliphatic carbocycles. The number of methoxy groups -OCH3 is 1. The Morgan fingerprint density at radius 2 is 1.76 bits per heavy atom. The lowest BCUT2D eigenvalue weighted by Gasteiger charge is -2.07. The highest BCUT2D eigenvalue weighted by Crippen LogP contribution is 2.30. The monoisotopic (exact) mass is 461 g/mol. The number of carbonyl (C=O) groups is 2. The minimum Gasteiger partial charge on any atom is -0.493 e. The van der Waals surface area contributed by atoms with Crippen LogP contribution in [0.2, 0.25) is 0 Å². The molecular weight excluding hydrogens is 443 g/mol. The molecule has 0 spiro atoms. The van der Waals surface area contributed by atoms with Crippen LogP contribution in [0.5, 0.6) is 5.88 Å². The Kier molecular flexibility index (Phi) is 6.47. The van der Waals surface area contributed by atoms with Gasteiger partial charge in [0.05, 0.1) is 35.2 Å². The van der Waals surface area contributed by atoms with Crippen molar-refractivity contribution in [1.82, 2.24) is 20.2 Å². The van der Waals surface area contributed by atoms with Crippen LogP contribution in [0.15, 0.2) is 47.7 Å². The fourth-order valence-corrected chi connectivity index (χ4v) is 2.91. The van der Waals surface area contributed by atoms with Crippen molar-refractivity contribution in [2.45, 2.75) is 20.0 Å². The number of halogens is 3. The van der Waals surface area contributed by atoms with E-state index >= 15 is 0 Å². The van der Waals surface area contributed by atoms with Crippen LogP contribution in [0.3, 0.4) is 0 Å². The number of alkyl halides is 3. The number of esters is 1. The molecule has 9 nitrogen and oxygen atoms in total. The summed E-state index contributed by atoms with van der Waals surface area (Å²) < 4.78 is 43.8. The number of benzene rings is 1. The molecule has 3 aromatic rings. The molecule has 0 saturated carbocycles. The van der Waals surface area contributed by atoms with Gasteiger partial charge in [0.2, 0.25) is 5.88 Å². The molecule has 0 aliphatic heterocycles. The van der Waals surface area contributed by atoms with Gasteiger partial charge in [-0.1, -0.05) is 0 Å². The number of carbonyl (C=O) groups excluding carboxylic acids is 2. The highest BCUT2D eigenvalue weighted by atomic mass is 19.4. The first kappa shape index (κ1) is 23.4. The molecule has 2 heterocycles. The zero-order chi connectivity index (χ0) is 24.3. The fraction of sp³-hybridized carbons (Fsp3) is 0.190. The van der Waals surface area contributed by atoms with Gasteiger partial charge in [0, 0.05) is 11.8 Å². The maximum atomic E-state index is 12.7. The van der Waals surface area contributed by atoms with E-state index in [2.05, 4.69) is 25.3 Å². The van der Waals surface area contributed by atoms with E-state index in [0.717, 1.165) is 16.8 Å². The Balaban J connectivity index is 1.80. The third-order valence-corrected chi connectivity index (χ3v) is 4.58. The molecule has 0 aliphatic rings. The van der Waals surface area contributed by atoms with E-state index in [1.54, 1.807) is 6.92 Å². The maximum absolute atomic E-state index is 12.7. The van der Waals surface area contributed by atoms with Crippen molar-refractivity contribution in [3.05, 3.63) is 70.5 Å². The van der Waals surface area contributed by atoms with Crippen LogP contribution in [-0.2, 0) is 10.9 Å². The van der Waals surface area contributed by atoms with Gasteiger partial charge >= 0.3 is 12.1 Å². The van der Waals surface area contributed by atoms with E-state index in [1.807, 2.05) is 0 Å². The Hall–Kier alpha value is -4.22. The normalized spacial score (nSPS) is 11.9. The second-order valence-electron chi connectivity index (χ2n) is 6.81. The summed E-state index contributed by atoms with van der Waals surface area (Å²) in [5, 5.41) is 18.6. The predicted octanol–water partition coefficient (Wildman–Crippen LogP) is 3.24. The van der Waals surface area contributed by atoms with Crippen molar-refractivity contribution in [2.24, 2.45) is 5.10 Å². The zero-order valence-electron chi connectivity index (χ0n) is 17.6. The van der Waals surface area contributed by atoms with Gasteiger partial charge < -0.3 is 9.84 Å². The van der Waals surface area contributed by atoms with Gasteiger partial charge in [0.15, 0.2) is 5.82 Å². The number of hydrogen-bond donors (Lipinski definition) is 2. The number of nitrogens with one attached hydrogen (secondary N) is 1. The molecule has 0 radical (unpaired) electrons. The third kappa shape index (κ3) is 5.00. The summed E-state index contributed by atoms with van der Waals surface area (Å²) in [6.07, 6.45) is -3.90. The highest BCUT2D eigenvalue weighted by Gasteiger charge is 2.31. The number of pyridine rings is 1. The third-order valence-electron chi connectivity index (χ3n) is 4.58. The Morgan fingerprint density at radius 1 is 1.12 bits per heavy atom. The molecule has 1 aromatic carbocycles. The predicted molar refractivity (Wildman–Crippen MR) is 110 cm³/mol. The van der Waals surface area contributed by atoms with E-state index < -0.39 is 29.5 Å². The molecule has 1 amide bonds. The van der Waals surface area contributed by atoms with Gasteiger partial charge in [-0.05, 0) is 50.2 Å². The Morgan fingerprint density at radius 3 is 2.30 bits per heavy atom. The summed E-state index contributed by atoms with van der Waals surface area (Å²) in [5.41, 5.74) is 2.59. The molecular formula is C21H18F3N5O4. The molecule has 172 valence electrons. The van der Waals surface area contributed by atoms with Crippen molar-refractivity contribution in [2.75, 3.05) is 7.11 Å². The van der Waals surface area contributed by atoms with Gasteiger partial charge in [0.25, 0.3) is 5.91 Å². The van der Waals surface area contributed by atoms with Crippen LogP contribution in [-0.4, -0.2) is 44.6 Å². The summed E-state index contributed by atoms with van der Waals surface area (Å²) in [6, 6.07) is 7.59. The number of aromatic hydroxyl groups is 1. The first-order valence-electron chi connectivity index (χ1n) is 9.38. The molecule has 0 saturated heterocycles. The summed E-state index contributed by atoms with van der Waals surface area (Å²) >= 11 is 0. The topological polar surface area (TPSA) is 119 Å². The summed E-state index contributed by atoms with van der Waals surface area (Å²) in [6.45, 7) is 3.07. The van der Waals surface area contributed by atoms with Crippen LogP contribution >= 0.6 is 0 Å². The van der Waals surface area contributed by atoms with Gasteiger partial charge in [0.1, 0.15) is 0 Å². The van der Waals surface area contributed by atoms with Crippen LogP contribution in [0.1, 0.15) is 44.5 Å². The van der Waals surface area contributed by atoms with Crippen LogP contribution < -0.4 is 5.43 Å². The lowest BCUT2D eigenvalue weighted by atomic mass is 10.1. The van der Waals surface area contributed by atoms with E-state index in [-0.39, 0.29) is 28.2 Å². The number of rotatable bonds is 5. The van der Waals surface area contributed by atoms with Gasteiger partial charge in [-0.3, -0.25) is 4.79 Å². The lowest BCUT2D eigenvalue weighted by molar-refractivity contribution is -0.137. The summed E-state index contributed by atoms with van der Waals surface area (Å²) in [7, 11) is 1.24. The Labute approximate surface area is 185 Å². The molecule has 2 aromatic heterocycles. The van der Waals surface area contributed by atoms with E-state index in [0.29, 0.717) is 11.9 Å². The quantitative estimate of drug-likeness (QED) is 0.342. The van der Waals surface area contributed by atoms with Crippen molar-refractivity contribution in [1.29, 1.82) is 0 Å².